The molecule has 0 N–H and O–H groups in total. The van der Waals surface area contributed by atoms with Crippen LogP contribution in [-0.4, -0.2) is 14.8 Å². The Kier molecular flexibility index (Phi) is 1.64. The third-order valence-corrected chi connectivity index (χ3v) is 2.05. The van der Waals surface area contributed by atoms with Crippen LogP contribution in [0.2, 0.25) is 0 Å². The molecule has 1 aromatic heterocycles. The second kappa shape index (κ2) is 2.64. The summed E-state index contributed by atoms with van der Waals surface area (Å²) in [7, 11) is 0. The number of rotatable bonds is 3. The van der Waals surface area contributed by atoms with E-state index in [1.807, 2.05) is 6.33 Å². The lowest BCUT2D eigenvalue weighted by molar-refractivity contribution is 0.639. The highest BCUT2D eigenvalue weighted by Crippen LogP contribution is 2.38. The van der Waals surface area contributed by atoms with Gasteiger partial charge in [0.05, 0.1) is 0 Å². The van der Waals surface area contributed by atoms with Gasteiger partial charge in [-0.2, -0.15) is 0 Å². The van der Waals surface area contributed by atoms with Crippen molar-refractivity contribution in [3.8, 4) is 0 Å². The minimum atomic E-state index is 0.726. The smallest absolute Gasteiger partial charge is 0.135 e. The molecule has 1 aromatic rings. The number of hydrogen-bond acceptors (Lipinski definition) is 2. The maximum atomic E-state index is 4.11. The summed E-state index contributed by atoms with van der Waals surface area (Å²) in [4.78, 5) is 0. The lowest BCUT2D eigenvalue weighted by atomic mass is 10.4. The molecule has 60 valence electrons. The zero-order valence-corrected chi connectivity index (χ0v) is 6.82. The van der Waals surface area contributed by atoms with Gasteiger partial charge in [-0.3, -0.25) is 0 Å². The summed E-state index contributed by atoms with van der Waals surface area (Å²) in [5.41, 5.74) is 0. The summed E-state index contributed by atoms with van der Waals surface area (Å²) >= 11 is 0. The Morgan fingerprint density at radius 3 is 3.09 bits per heavy atom. The quantitative estimate of drug-likeness (QED) is 0.656. The van der Waals surface area contributed by atoms with E-state index in [1.54, 1.807) is 0 Å². The fourth-order valence-corrected chi connectivity index (χ4v) is 1.33. The Morgan fingerprint density at radius 1 is 1.64 bits per heavy atom. The van der Waals surface area contributed by atoms with Gasteiger partial charge in [-0.25, -0.2) is 0 Å². The highest BCUT2D eigenvalue weighted by molar-refractivity contribution is 5.04. The Hall–Kier alpha value is -0.860. The lowest BCUT2D eigenvalue weighted by Gasteiger charge is -2.01. The Morgan fingerprint density at radius 2 is 2.45 bits per heavy atom. The normalized spacial score (nSPS) is 17.2. The Bertz CT molecular complexity index is 237. The van der Waals surface area contributed by atoms with E-state index in [0.717, 1.165) is 18.9 Å². The molecule has 0 atom stereocenters. The minimum Gasteiger partial charge on any atom is -0.317 e. The van der Waals surface area contributed by atoms with Gasteiger partial charge < -0.3 is 4.57 Å². The molecule has 0 aliphatic heterocycles. The predicted molar refractivity (Wildman–Crippen MR) is 42.3 cm³/mol. The minimum absolute atomic E-state index is 0.726. The molecule has 0 unspecified atom stereocenters. The predicted octanol–water partition coefficient (Wildman–Crippen LogP) is 1.57. The molecule has 0 bridgehead atoms. The van der Waals surface area contributed by atoms with Gasteiger partial charge in [-0.15, -0.1) is 10.2 Å². The van der Waals surface area contributed by atoms with E-state index in [-0.39, 0.29) is 0 Å². The van der Waals surface area contributed by atoms with E-state index in [9.17, 15) is 0 Å². The van der Waals surface area contributed by atoms with E-state index in [2.05, 4.69) is 21.7 Å². The molecule has 0 radical (unpaired) electrons. The standard InChI is InChI=1S/C8H13N3/c1-2-5-11-6-9-10-8(11)7-3-4-7/h6-7H,2-5H2,1H3. The van der Waals surface area contributed by atoms with Crippen LogP contribution in [0.4, 0.5) is 0 Å². The van der Waals surface area contributed by atoms with Gasteiger partial charge in [-0.05, 0) is 19.3 Å². The Labute approximate surface area is 66.4 Å². The zero-order valence-electron chi connectivity index (χ0n) is 6.82. The molecule has 1 saturated carbocycles. The lowest BCUT2D eigenvalue weighted by Crippen LogP contribution is -2.00. The van der Waals surface area contributed by atoms with Crippen LogP contribution in [0, 0.1) is 0 Å². The van der Waals surface area contributed by atoms with Crippen LogP contribution in [0.25, 0.3) is 0 Å². The van der Waals surface area contributed by atoms with Gasteiger partial charge in [0.2, 0.25) is 0 Å². The van der Waals surface area contributed by atoms with Crippen molar-refractivity contribution in [1.29, 1.82) is 0 Å². The molecule has 1 aliphatic rings. The first-order valence-electron chi connectivity index (χ1n) is 4.29. The highest BCUT2D eigenvalue weighted by Gasteiger charge is 2.28. The van der Waals surface area contributed by atoms with Gasteiger partial charge in [0.15, 0.2) is 0 Å². The van der Waals surface area contributed by atoms with Crippen LogP contribution < -0.4 is 0 Å². The molecule has 2 rings (SSSR count). The van der Waals surface area contributed by atoms with Crippen molar-refractivity contribution in [1.82, 2.24) is 14.8 Å². The SMILES string of the molecule is CCCn1cnnc1C1CC1. The topological polar surface area (TPSA) is 30.7 Å². The molecule has 0 aromatic carbocycles. The third-order valence-electron chi connectivity index (χ3n) is 2.05. The monoisotopic (exact) mass is 151 g/mol. The summed E-state index contributed by atoms with van der Waals surface area (Å²) in [5, 5.41) is 8.02. The van der Waals surface area contributed by atoms with Crippen molar-refractivity contribution < 1.29 is 0 Å². The van der Waals surface area contributed by atoms with Crippen molar-refractivity contribution in [3.05, 3.63) is 12.2 Å². The largest absolute Gasteiger partial charge is 0.317 e. The molecule has 3 nitrogen and oxygen atoms in total. The molecule has 1 aliphatic carbocycles. The fraction of sp³-hybridized carbons (Fsp3) is 0.750. The van der Waals surface area contributed by atoms with Crippen LogP contribution in [0.3, 0.4) is 0 Å². The first-order valence-corrected chi connectivity index (χ1v) is 4.29. The van der Waals surface area contributed by atoms with Crippen molar-refractivity contribution in [3.63, 3.8) is 0 Å². The molecule has 3 heteroatoms. The molecule has 11 heavy (non-hydrogen) atoms. The number of hydrogen-bond donors (Lipinski definition) is 0. The summed E-state index contributed by atoms with van der Waals surface area (Å²) in [6.07, 6.45) is 5.62. The van der Waals surface area contributed by atoms with Crippen LogP contribution in [0.1, 0.15) is 37.9 Å². The number of aryl methyl sites for hydroxylation is 1. The molecular formula is C8H13N3. The van der Waals surface area contributed by atoms with Crippen molar-refractivity contribution in [2.45, 2.75) is 38.6 Å². The average Bonchev–Trinajstić information content (AvgIpc) is 2.75. The second-order valence-corrected chi connectivity index (χ2v) is 3.16. The fourth-order valence-electron chi connectivity index (χ4n) is 1.33. The van der Waals surface area contributed by atoms with Crippen LogP contribution in [-0.2, 0) is 6.54 Å². The molecule has 0 spiro atoms. The van der Waals surface area contributed by atoms with Crippen molar-refractivity contribution >= 4 is 0 Å². The number of nitrogens with zero attached hydrogens (tertiary/aromatic N) is 3. The van der Waals surface area contributed by atoms with E-state index in [4.69, 9.17) is 0 Å². The second-order valence-electron chi connectivity index (χ2n) is 3.16. The van der Waals surface area contributed by atoms with Gasteiger partial charge in [0, 0.05) is 12.5 Å². The zero-order chi connectivity index (χ0) is 7.68. The molecule has 1 heterocycles. The van der Waals surface area contributed by atoms with Crippen molar-refractivity contribution in [2.75, 3.05) is 0 Å². The average molecular weight is 151 g/mol. The van der Waals surface area contributed by atoms with E-state index >= 15 is 0 Å². The highest BCUT2D eigenvalue weighted by atomic mass is 15.3. The van der Waals surface area contributed by atoms with Gasteiger partial charge >= 0.3 is 0 Å². The molecule has 1 fully saturated rings. The molecular weight excluding hydrogens is 138 g/mol. The summed E-state index contributed by atoms with van der Waals surface area (Å²) < 4.78 is 2.18. The van der Waals surface area contributed by atoms with E-state index < -0.39 is 0 Å². The maximum absolute atomic E-state index is 4.11. The van der Waals surface area contributed by atoms with Gasteiger partial charge in [-0.1, -0.05) is 6.92 Å². The first-order chi connectivity index (χ1) is 5.42. The maximum Gasteiger partial charge on any atom is 0.135 e. The van der Waals surface area contributed by atoms with E-state index in [0.29, 0.717) is 0 Å². The molecule has 0 amide bonds. The third kappa shape index (κ3) is 1.27. The Balaban J connectivity index is 2.16. The van der Waals surface area contributed by atoms with Crippen molar-refractivity contribution in [2.24, 2.45) is 0 Å². The van der Waals surface area contributed by atoms with Crippen LogP contribution >= 0.6 is 0 Å². The van der Waals surface area contributed by atoms with Crippen LogP contribution in [0.5, 0.6) is 0 Å². The van der Waals surface area contributed by atoms with Gasteiger partial charge in [0.25, 0.3) is 0 Å². The summed E-state index contributed by atoms with van der Waals surface area (Å²) in [6.45, 7) is 3.25. The van der Waals surface area contributed by atoms with Crippen LogP contribution in [0.15, 0.2) is 6.33 Å². The summed E-state index contributed by atoms with van der Waals surface area (Å²) in [5.74, 6) is 1.93. The summed E-state index contributed by atoms with van der Waals surface area (Å²) in [6, 6.07) is 0. The molecule has 0 saturated heterocycles. The number of aromatic nitrogens is 3. The first kappa shape index (κ1) is 6.83. The van der Waals surface area contributed by atoms with Gasteiger partial charge in [0.1, 0.15) is 12.2 Å². The van der Waals surface area contributed by atoms with E-state index in [1.165, 1.54) is 18.7 Å².